The largest absolute Gasteiger partial charge is 0.465 e. The fourth-order valence-corrected chi connectivity index (χ4v) is 5.45. The summed E-state index contributed by atoms with van der Waals surface area (Å²) in [4.78, 5) is 16.5. The van der Waals surface area contributed by atoms with Crippen LogP contribution in [0, 0.1) is 0 Å². The number of carbonyl (C=O) groups excluding carboxylic acids is 1. The van der Waals surface area contributed by atoms with E-state index < -0.39 is 16.0 Å². The summed E-state index contributed by atoms with van der Waals surface area (Å²) in [6, 6.07) is 15.3. The number of hydrogen-bond acceptors (Lipinski definition) is 7. The van der Waals surface area contributed by atoms with Gasteiger partial charge in [0.05, 0.1) is 33.9 Å². The summed E-state index contributed by atoms with van der Waals surface area (Å²) in [6.07, 6.45) is 2.92. The number of fused-ring (bicyclic) bond motifs is 1. The lowest BCUT2D eigenvalue weighted by Gasteiger charge is -2.12. The highest BCUT2D eigenvalue weighted by molar-refractivity contribution is 9.10. The maximum atomic E-state index is 12.7. The van der Waals surface area contributed by atoms with Crippen molar-refractivity contribution in [1.82, 2.24) is 19.3 Å². The van der Waals surface area contributed by atoms with Gasteiger partial charge in [-0.05, 0) is 47.0 Å². The second kappa shape index (κ2) is 11.4. The molecule has 0 aliphatic carbocycles. The quantitative estimate of drug-likeness (QED) is 0.201. The fourth-order valence-electron chi connectivity index (χ4n) is 3.60. The Balaban J connectivity index is 1.39. The van der Waals surface area contributed by atoms with Gasteiger partial charge in [0.1, 0.15) is 5.82 Å². The van der Waals surface area contributed by atoms with Crippen LogP contribution in [0.15, 0.2) is 70.2 Å². The molecule has 12 heteroatoms. The van der Waals surface area contributed by atoms with Crippen molar-refractivity contribution in [2.24, 2.45) is 0 Å². The van der Waals surface area contributed by atoms with Crippen LogP contribution in [0.25, 0.3) is 16.9 Å². The minimum atomic E-state index is -3.86. The van der Waals surface area contributed by atoms with E-state index in [2.05, 4.69) is 40.8 Å². The van der Waals surface area contributed by atoms with Crippen LogP contribution in [0.3, 0.4) is 0 Å². The number of unbranched alkanes of at least 4 members (excludes halogenated alkanes) is 1. The SMILES string of the molecule is COC(=O)c1ccccc1S(=O)(=O)NCCCCNc1cc(-c2ccccc2Cl)nc2c(Br)cnn12. The van der Waals surface area contributed by atoms with E-state index >= 15 is 0 Å². The highest BCUT2D eigenvalue weighted by Crippen LogP contribution is 2.30. The predicted octanol–water partition coefficient (Wildman–Crippen LogP) is 4.77. The number of sulfonamides is 1. The van der Waals surface area contributed by atoms with Crippen LogP contribution >= 0.6 is 27.5 Å². The third kappa shape index (κ3) is 5.70. The van der Waals surface area contributed by atoms with Crippen LogP contribution in [-0.4, -0.2) is 49.2 Å². The molecule has 0 aliphatic rings. The highest BCUT2D eigenvalue weighted by Gasteiger charge is 2.22. The molecule has 9 nitrogen and oxygen atoms in total. The van der Waals surface area contributed by atoms with E-state index in [4.69, 9.17) is 11.6 Å². The van der Waals surface area contributed by atoms with Gasteiger partial charge in [0.25, 0.3) is 0 Å². The Morgan fingerprint density at radius 1 is 1.11 bits per heavy atom. The van der Waals surface area contributed by atoms with E-state index in [1.807, 2.05) is 30.3 Å². The molecule has 0 radical (unpaired) electrons. The van der Waals surface area contributed by atoms with E-state index in [0.29, 0.717) is 35.8 Å². The molecule has 0 saturated heterocycles. The van der Waals surface area contributed by atoms with Crippen LogP contribution in [0.2, 0.25) is 5.02 Å². The van der Waals surface area contributed by atoms with Gasteiger partial charge in [-0.25, -0.2) is 22.9 Å². The lowest BCUT2D eigenvalue weighted by molar-refractivity contribution is 0.0596. The van der Waals surface area contributed by atoms with Crippen molar-refractivity contribution in [3.63, 3.8) is 0 Å². The highest BCUT2D eigenvalue weighted by atomic mass is 79.9. The third-order valence-electron chi connectivity index (χ3n) is 5.36. The number of benzene rings is 2. The number of esters is 1. The first-order chi connectivity index (χ1) is 17.3. The van der Waals surface area contributed by atoms with Gasteiger partial charge >= 0.3 is 5.97 Å². The molecule has 4 aromatic rings. The Morgan fingerprint density at radius 2 is 1.83 bits per heavy atom. The number of hydrogen-bond donors (Lipinski definition) is 2. The Bertz CT molecular complexity index is 1510. The number of halogens is 2. The van der Waals surface area contributed by atoms with Gasteiger partial charge in [0.15, 0.2) is 5.65 Å². The summed E-state index contributed by atoms with van der Waals surface area (Å²) in [6.45, 7) is 0.780. The van der Waals surface area contributed by atoms with E-state index in [0.717, 1.165) is 15.9 Å². The van der Waals surface area contributed by atoms with Crippen molar-refractivity contribution in [2.45, 2.75) is 17.7 Å². The number of nitrogens with zero attached hydrogens (tertiary/aromatic N) is 3. The lowest BCUT2D eigenvalue weighted by Crippen LogP contribution is -2.27. The number of ether oxygens (including phenoxy) is 1. The molecule has 0 spiro atoms. The molecule has 0 unspecified atom stereocenters. The minimum absolute atomic E-state index is 0.00409. The molecule has 0 atom stereocenters. The second-order valence-electron chi connectivity index (χ2n) is 7.75. The molecule has 2 heterocycles. The van der Waals surface area contributed by atoms with E-state index in [-0.39, 0.29) is 17.0 Å². The van der Waals surface area contributed by atoms with Crippen molar-refractivity contribution in [1.29, 1.82) is 0 Å². The molecule has 0 amide bonds. The summed E-state index contributed by atoms with van der Waals surface area (Å²) in [7, 11) is -2.65. The molecule has 2 aromatic heterocycles. The van der Waals surface area contributed by atoms with E-state index in [1.54, 1.807) is 22.8 Å². The zero-order valence-electron chi connectivity index (χ0n) is 19.2. The van der Waals surface area contributed by atoms with Gasteiger partial charge in [0, 0.05) is 29.7 Å². The summed E-state index contributed by atoms with van der Waals surface area (Å²) in [5.74, 6) is 0.0264. The van der Waals surface area contributed by atoms with Crippen LogP contribution in [0.5, 0.6) is 0 Å². The van der Waals surface area contributed by atoms with Crippen LogP contribution in [0.4, 0.5) is 5.82 Å². The predicted molar refractivity (Wildman–Crippen MR) is 142 cm³/mol. The van der Waals surface area contributed by atoms with Crippen molar-refractivity contribution < 1.29 is 17.9 Å². The minimum Gasteiger partial charge on any atom is -0.465 e. The van der Waals surface area contributed by atoms with Gasteiger partial charge < -0.3 is 10.1 Å². The van der Waals surface area contributed by atoms with Crippen molar-refractivity contribution in [3.05, 3.63) is 75.9 Å². The molecular weight excluding hydrogens is 570 g/mol. The van der Waals surface area contributed by atoms with Gasteiger partial charge in [-0.2, -0.15) is 9.61 Å². The molecule has 0 saturated carbocycles. The molecule has 0 bridgehead atoms. The topological polar surface area (TPSA) is 115 Å². The van der Waals surface area contributed by atoms with Gasteiger partial charge in [-0.15, -0.1) is 0 Å². The van der Waals surface area contributed by atoms with Gasteiger partial charge in [-0.3, -0.25) is 0 Å². The van der Waals surface area contributed by atoms with E-state index in [1.165, 1.54) is 19.2 Å². The molecule has 0 aliphatic heterocycles. The maximum absolute atomic E-state index is 12.7. The summed E-state index contributed by atoms with van der Waals surface area (Å²) in [5, 5.41) is 8.31. The smallest absolute Gasteiger partial charge is 0.339 e. The monoisotopic (exact) mass is 591 g/mol. The first-order valence-corrected chi connectivity index (χ1v) is 13.7. The number of nitrogens with one attached hydrogen (secondary N) is 2. The first-order valence-electron chi connectivity index (χ1n) is 11.0. The number of rotatable bonds is 10. The van der Waals surface area contributed by atoms with E-state index in [9.17, 15) is 13.2 Å². The Kier molecular flexibility index (Phi) is 8.24. The van der Waals surface area contributed by atoms with Crippen LogP contribution in [-0.2, 0) is 14.8 Å². The summed E-state index contributed by atoms with van der Waals surface area (Å²) in [5.41, 5.74) is 2.15. The van der Waals surface area contributed by atoms with Gasteiger partial charge in [-0.1, -0.05) is 41.9 Å². The maximum Gasteiger partial charge on any atom is 0.339 e. The zero-order valence-corrected chi connectivity index (χ0v) is 22.4. The van der Waals surface area contributed by atoms with Crippen molar-refractivity contribution in [3.8, 4) is 11.3 Å². The Labute approximate surface area is 222 Å². The first kappa shape index (κ1) is 26.1. The lowest BCUT2D eigenvalue weighted by atomic mass is 10.1. The zero-order chi connectivity index (χ0) is 25.7. The fraction of sp³-hybridized carbons (Fsp3) is 0.208. The normalized spacial score (nSPS) is 11.5. The molecule has 188 valence electrons. The standard InChI is InChI=1S/C24H23BrClN5O4S/c1-35-24(32)17-9-3-5-11-21(17)36(33,34)29-13-7-6-12-27-22-14-20(16-8-2-4-10-19(16)26)30-23-18(25)15-28-31(22)23/h2-5,8-11,14-15,27,29H,6-7,12-13H2,1H3. The van der Waals surface area contributed by atoms with Crippen molar-refractivity contribution in [2.75, 3.05) is 25.5 Å². The second-order valence-corrected chi connectivity index (χ2v) is 10.8. The van der Waals surface area contributed by atoms with Gasteiger partial charge in [0.2, 0.25) is 10.0 Å². The molecule has 36 heavy (non-hydrogen) atoms. The average Bonchev–Trinajstić information content (AvgIpc) is 3.26. The Hall–Kier alpha value is -2.99. The van der Waals surface area contributed by atoms with Crippen LogP contribution in [0.1, 0.15) is 23.2 Å². The number of anilines is 1. The molecule has 2 aromatic carbocycles. The van der Waals surface area contributed by atoms with Crippen molar-refractivity contribution >= 4 is 55.0 Å². The summed E-state index contributed by atoms with van der Waals surface area (Å²) < 4.78 is 35.1. The number of carbonyl (C=O) groups is 1. The van der Waals surface area contributed by atoms with Crippen LogP contribution < -0.4 is 10.0 Å². The third-order valence-corrected chi connectivity index (χ3v) is 7.77. The molecule has 4 rings (SSSR count). The number of methoxy groups -OCH3 is 1. The molecule has 2 N–H and O–H groups in total. The number of aromatic nitrogens is 3. The summed E-state index contributed by atoms with van der Waals surface area (Å²) >= 11 is 9.86. The molecular formula is C24H23BrClN5O4S. The average molecular weight is 593 g/mol. The Morgan fingerprint density at radius 3 is 2.61 bits per heavy atom. The molecule has 0 fully saturated rings.